The minimum Gasteiger partial charge on any atom is -0.503 e. The molecule has 1 aromatic carbocycles. The van der Waals surface area contributed by atoms with Gasteiger partial charge in [-0.2, -0.15) is 0 Å². The molecule has 1 atom stereocenters. The summed E-state index contributed by atoms with van der Waals surface area (Å²) in [5.74, 6) is -1.74. The van der Waals surface area contributed by atoms with Crippen LogP contribution in [-0.4, -0.2) is 45.7 Å². The monoisotopic (exact) mass is 529 g/mol. The van der Waals surface area contributed by atoms with Crippen LogP contribution >= 0.6 is 11.3 Å². The van der Waals surface area contributed by atoms with Crippen molar-refractivity contribution in [1.82, 2.24) is 9.88 Å². The Bertz CT molecular complexity index is 1420. The lowest BCUT2D eigenvalue weighted by Gasteiger charge is -2.29. The summed E-state index contributed by atoms with van der Waals surface area (Å²) in [6.45, 7) is 7.17. The van der Waals surface area contributed by atoms with Crippen LogP contribution in [0.2, 0.25) is 0 Å². The van der Waals surface area contributed by atoms with Crippen LogP contribution in [0.4, 0.5) is 5.69 Å². The Kier molecular flexibility index (Phi) is 7.17. The van der Waals surface area contributed by atoms with Gasteiger partial charge in [0.1, 0.15) is 5.69 Å². The molecule has 4 heterocycles. The Labute approximate surface area is 226 Å². The second-order valence-electron chi connectivity index (χ2n) is 10.3. The average molecular weight is 530 g/mol. The third-order valence-corrected chi connectivity index (χ3v) is 8.05. The molecule has 3 aromatic rings. The van der Waals surface area contributed by atoms with E-state index in [1.54, 1.807) is 34.6 Å². The van der Waals surface area contributed by atoms with Gasteiger partial charge in [0, 0.05) is 46.7 Å². The molecule has 7 nitrogen and oxygen atoms in total. The summed E-state index contributed by atoms with van der Waals surface area (Å²) in [4.78, 5) is 50.4. The van der Waals surface area contributed by atoms with E-state index in [0.29, 0.717) is 24.3 Å². The summed E-state index contributed by atoms with van der Waals surface area (Å²) in [7, 11) is 0. The lowest BCUT2D eigenvalue weighted by atomic mass is 9.91. The molecule has 0 aliphatic carbocycles. The van der Waals surface area contributed by atoms with Crippen molar-refractivity contribution in [1.29, 1.82) is 0 Å². The Hall–Kier alpha value is -3.78. The standard InChI is InChI=1S/C30H31N3O4S/c1-18(2)17-23(34)25-27(22-7-6-14-31-26(22)29(36)32-15-4-5-16-32)33(30(37)28(25)35)21-11-9-20(10-12-21)24-13-8-19(3)38-24/h6-14,18,27,35H,4-5,15-17H2,1-3H3. The number of amides is 2. The first-order valence-corrected chi connectivity index (χ1v) is 13.8. The Morgan fingerprint density at radius 3 is 2.42 bits per heavy atom. The van der Waals surface area contributed by atoms with Crippen LogP contribution < -0.4 is 4.90 Å². The topological polar surface area (TPSA) is 90.8 Å². The van der Waals surface area contributed by atoms with Crippen LogP contribution in [0.3, 0.4) is 0 Å². The zero-order chi connectivity index (χ0) is 27.0. The number of likely N-dealkylation sites (tertiary alicyclic amines) is 1. The second-order valence-corrected chi connectivity index (χ2v) is 11.5. The minimum atomic E-state index is -0.959. The van der Waals surface area contributed by atoms with Crippen LogP contribution in [0.15, 0.2) is 66.1 Å². The molecule has 2 aliphatic heterocycles. The van der Waals surface area contributed by atoms with E-state index in [1.807, 2.05) is 38.1 Å². The van der Waals surface area contributed by atoms with Gasteiger partial charge in [0.15, 0.2) is 11.5 Å². The van der Waals surface area contributed by atoms with Crippen molar-refractivity contribution in [3.05, 3.63) is 82.2 Å². The van der Waals surface area contributed by atoms with Crippen LogP contribution in [0.25, 0.3) is 10.4 Å². The normalized spacial score (nSPS) is 17.7. The van der Waals surface area contributed by atoms with Crippen molar-refractivity contribution < 1.29 is 19.5 Å². The maximum Gasteiger partial charge on any atom is 0.294 e. The Morgan fingerprint density at radius 2 is 1.79 bits per heavy atom. The summed E-state index contributed by atoms with van der Waals surface area (Å²) in [6.07, 6.45) is 3.57. The predicted molar refractivity (Wildman–Crippen MR) is 148 cm³/mol. The molecule has 1 saturated heterocycles. The molecule has 2 aliphatic rings. The van der Waals surface area contributed by atoms with Crippen molar-refractivity contribution in [2.24, 2.45) is 5.92 Å². The van der Waals surface area contributed by atoms with Gasteiger partial charge in [-0.1, -0.05) is 32.0 Å². The van der Waals surface area contributed by atoms with Gasteiger partial charge in [-0.25, -0.2) is 0 Å². The number of aliphatic hydroxyl groups excluding tert-OH is 1. The summed E-state index contributed by atoms with van der Waals surface area (Å²) < 4.78 is 0. The molecule has 0 saturated carbocycles. The van der Waals surface area contributed by atoms with E-state index >= 15 is 0 Å². The van der Waals surface area contributed by atoms with Crippen molar-refractivity contribution >= 4 is 34.6 Å². The van der Waals surface area contributed by atoms with E-state index in [9.17, 15) is 19.5 Å². The fraction of sp³-hybridized carbons (Fsp3) is 0.333. The molecule has 196 valence electrons. The smallest absolute Gasteiger partial charge is 0.294 e. The maximum atomic E-state index is 13.5. The number of aryl methyl sites for hydroxylation is 1. The van der Waals surface area contributed by atoms with E-state index < -0.39 is 17.7 Å². The number of benzene rings is 1. The number of carbonyl (C=O) groups is 3. The number of aliphatic hydroxyl groups is 1. The number of nitrogens with zero attached hydrogens (tertiary/aromatic N) is 3. The molecule has 1 N–H and O–H groups in total. The molecular formula is C30H31N3O4S. The molecule has 8 heteroatoms. The fourth-order valence-corrected chi connectivity index (χ4v) is 6.07. The minimum absolute atomic E-state index is 0.0186. The number of pyridine rings is 1. The molecule has 0 spiro atoms. The van der Waals surface area contributed by atoms with Gasteiger partial charge in [0.2, 0.25) is 0 Å². The Morgan fingerprint density at radius 1 is 1.08 bits per heavy atom. The van der Waals surface area contributed by atoms with Gasteiger partial charge in [0.25, 0.3) is 11.8 Å². The Balaban J connectivity index is 1.61. The average Bonchev–Trinajstić information content (AvgIpc) is 3.64. The SMILES string of the molecule is Cc1ccc(-c2ccc(N3C(=O)C(O)=C(C(=O)CC(C)C)C3c3cccnc3C(=O)N3CCCC3)cc2)s1. The summed E-state index contributed by atoms with van der Waals surface area (Å²) >= 11 is 1.68. The number of ketones is 1. The van der Waals surface area contributed by atoms with Crippen LogP contribution in [0.5, 0.6) is 0 Å². The highest BCUT2D eigenvalue weighted by Gasteiger charge is 2.46. The van der Waals surface area contributed by atoms with Gasteiger partial charge < -0.3 is 10.0 Å². The first-order valence-electron chi connectivity index (χ1n) is 13.0. The maximum absolute atomic E-state index is 13.5. The summed E-state index contributed by atoms with van der Waals surface area (Å²) in [6, 6.07) is 14.1. The lowest BCUT2D eigenvalue weighted by molar-refractivity contribution is -0.118. The lowest BCUT2D eigenvalue weighted by Crippen LogP contribution is -2.34. The molecular weight excluding hydrogens is 498 g/mol. The highest BCUT2D eigenvalue weighted by molar-refractivity contribution is 7.15. The molecule has 0 bridgehead atoms. The first-order chi connectivity index (χ1) is 18.3. The van der Waals surface area contributed by atoms with Crippen LogP contribution in [0.1, 0.15) is 60.1 Å². The van der Waals surface area contributed by atoms with E-state index in [2.05, 4.69) is 24.0 Å². The van der Waals surface area contributed by atoms with Gasteiger partial charge >= 0.3 is 0 Å². The number of Topliss-reactive ketones (excluding diaryl/α,β-unsaturated/α-hetero) is 1. The first kappa shape index (κ1) is 25.9. The zero-order valence-electron chi connectivity index (χ0n) is 21.8. The number of anilines is 1. The van der Waals surface area contributed by atoms with E-state index in [-0.39, 0.29) is 35.3 Å². The third-order valence-electron chi connectivity index (χ3n) is 7.00. The number of rotatable bonds is 7. The van der Waals surface area contributed by atoms with Gasteiger partial charge in [-0.3, -0.25) is 24.3 Å². The molecule has 0 radical (unpaired) electrons. The molecule has 38 heavy (non-hydrogen) atoms. The van der Waals surface area contributed by atoms with E-state index in [4.69, 9.17) is 0 Å². The van der Waals surface area contributed by atoms with E-state index in [1.165, 1.54) is 9.78 Å². The molecule has 1 fully saturated rings. The van der Waals surface area contributed by atoms with E-state index in [0.717, 1.165) is 23.3 Å². The van der Waals surface area contributed by atoms with Crippen molar-refractivity contribution in [3.8, 4) is 10.4 Å². The van der Waals surface area contributed by atoms with Crippen molar-refractivity contribution in [2.75, 3.05) is 18.0 Å². The largest absolute Gasteiger partial charge is 0.503 e. The molecule has 2 aromatic heterocycles. The second kappa shape index (κ2) is 10.5. The summed E-state index contributed by atoms with van der Waals surface area (Å²) in [5, 5.41) is 11.0. The van der Waals surface area contributed by atoms with Crippen LogP contribution in [0, 0.1) is 12.8 Å². The molecule has 2 amide bonds. The number of aromatic nitrogens is 1. The molecule has 5 rings (SSSR count). The number of thiophene rings is 1. The van der Waals surface area contributed by atoms with Crippen LogP contribution in [-0.2, 0) is 9.59 Å². The van der Waals surface area contributed by atoms with Gasteiger partial charge in [0.05, 0.1) is 11.6 Å². The third kappa shape index (κ3) is 4.76. The highest BCUT2D eigenvalue weighted by Crippen LogP contribution is 2.43. The molecule has 1 unspecified atom stereocenters. The van der Waals surface area contributed by atoms with Crippen molar-refractivity contribution in [2.45, 2.75) is 46.1 Å². The van der Waals surface area contributed by atoms with Gasteiger partial charge in [-0.15, -0.1) is 11.3 Å². The van der Waals surface area contributed by atoms with Gasteiger partial charge in [-0.05, 0) is 61.6 Å². The highest BCUT2D eigenvalue weighted by atomic mass is 32.1. The predicted octanol–water partition coefficient (Wildman–Crippen LogP) is 5.87. The summed E-state index contributed by atoms with van der Waals surface area (Å²) in [5.41, 5.74) is 2.19. The number of hydrogen-bond donors (Lipinski definition) is 1. The number of hydrogen-bond acceptors (Lipinski definition) is 6. The fourth-order valence-electron chi connectivity index (χ4n) is 5.19. The number of carbonyl (C=O) groups excluding carboxylic acids is 3. The van der Waals surface area contributed by atoms with Crippen molar-refractivity contribution in [3.63, 3.8) is 0 Å². The quantitative estimate of drug-likeness (QED) is 0.413. The zero-order valence-corrected chi connectivity index (χ0v) is 22.6.